The summed E-state index contributed by atoms with van der Waals surface area (Å²) in [4.78, 5) is 11.3. The van der Waals surface area contributed by atoms with Crippen LogP contribution in [0.5, 0.6) is 11.5 Å². The predicted octanol–water partition coefficient (Wildman–Crippen LogP) is 1.35. The van der Waals surface area contributed by atoms with E-state index in [4.69, 9.17) is 15.2 Å². The van der Waals surface area contributed by atoms with Crippen molar-refractivity contribution in [2.45, 2.75) is 19.4 Å². The number of aromatic hydroxyl groups is 1. The van der Waals surface area contributed by atoms with Gasteiger partial charge in [-0.1, -0.05) is 6.07 Å². The summed E-state index contributed by atoms with van der Waals surface area (Å²) in [5.41, 5.74) is 6.32. The van der Waals surface area contributed by atoms with Gasteiger partial charge in [-0.3, -0.25) is 4.79 Å². The third-order valence-corrected chi connectivity index (χ3v) is 2.33. The molecule has 0 saturated heterocycles. The molecule has 0 radical (unpaired) electrons. The van der Waals surface area contributed by atoms with Gasteiger partial charge in [-0.15, -0.1) is 0 Å². The number of benzene rings is 1. The summed E-state index contributed by atoms with van der Waals surface area (Å²) in [7, 11) is 1.51. The minimum Gasteiger partial charge on any atom is -0.507 e. The van der Waals surface area contributed by atoms with Gasteiger partial charge in [0.2, 0.25) is 0 Å². The minimum atomic E-state index is -0.583. The highest BCUT2D eigenvalue weighted by Gasteiger charge is 2.16. The molecule has 0 aliphatic rings. The average molecular weight is 239 g/mol. The predicted molar refractivity (Wildman–Crippen MR) is 62.8 cm³/mol. The smallest absolute Gasteiger partial charge is 0.307 e. The number of phenols is 1. The van der Waals surface area contributed by atoms with Crippen molar-refractivity contribution in [1.82, 2.24) is 0 Å². The van der Waals surface area contributed by atoms with Gasteiger partial charge >= 0.3 is 5.97 Å². The quantitative estimate of drug-likeness (QED) is 0.758. The Morgan fingerprint density at radius 1 is 1.53 bits per heavy atom. The highest BCUT2D eigenvalue weighted by atomic mass is 16.5. The molecular weight excluding hydrogens is 222 g/mol. The Bertz CT molecular complexity index is 392. The fraction of sp³-hybridized carbons (Fsp3) is 0.417. The fourth-order valence-corrected chi connectivity index (χ4v) is 1.47. The lowest BCUT2D eigenvalue weighted by Crippen LogP contribution is -2.17. The Morgan fingerprint density at radius 3 is 2.76 bits per heavy atom. The second-order valence-corrected chi connectivity index (χ2v) is 3.54. The molecule has 1 aromatic carbocycles. The summed E-state index contributed by atoms with van der Waals surface area (Å²) in [6, 6.07) is 4.19. The van der Waals surface area contributed by atoms with E-state index in [1.54, 1.807) is 19.1 Å². The zero-order valence-electron chi connectivity index (χ0n) is 9.97. The van der Waals surface area contributed by atoms with Crippen LogP contribution in [0, 0.1) is 0 Å². The number of carbonyl (C=O) groups is 1. The van der Waals surface area contributed by atoms with E-state index >= 15 is 0 Å². The summed E-state index contributed by atoms with van der Waals surface area (Å²) in [5, 5.41) is 9.72. The van der Waals surface area contributed by atoms with Gasteiger partial charge in [0.05, 0.1) is 20.1 Å². The molecule has 0 aliphatic heterocycles. The van der Waals surface area contributed by atoms with Crippen LogP contribution in [0.25, 0.3) is 0 Å². The second-order valence-electron chi connectivity index (χ2n) is 3.54. The molecule has 5 heteroatoms. The van der Waals surface area contributed by atoms with Gasteiger partial charge in [0.1, 0.15) is 11.5 Å². The van der Waals surface area contributed by atoms with Crippen LogP contribution < -0.4 is 10.5 Å². The first kappa shape index (κ1) is 13.3. The van der Waals surface area contributed by atoms with Crippen LogP contribution in [0.1, 0.15) is 24.9 Å². The number of nitrogens with two attached hydrogens (primary N) is 1. The number of carbonyl (C=O) groups excluding carboxylic acids is 1. The third-order valence-electron chi connectivity index (χ3n) is 2.33. The van der Waals surface area contributed by atoms with Crippen LogP contribution in [-0.2, 0) is 9.53 Å². The molecule has 3 N–H and O–H groups in total. The molecule has 0 heterocycles. The van der Waals surface area contributed by atoms with E-state index in [0.29, 0.717) is 17.9 Å². The van der Waals surface area contributed by atoms with Crippen molar-refractivity contribution in [1.29, 1.82) is 0 Å². The highest BCUT2D eigenvalue weighted by Crippen LogP contribution is 2.28. The lowest BCUT2D eigenvalue weighted by Gasteiger charge is -2.13. The van der Waals surface area contributed by atoms with Gasteiger partial charge < -0.3 is 20.3 Å². The summed E-state index contributed by atoms with van der Waals surface area (Å²) in [5.74, 6) is 0.172. The van der Waals surface area contributed by atoms with E-state index in [1.807, 2.05) is 0 Å². The molecule has 1 atom stereocenters. The summed E-state index contributed by atoms with van der Waals surface area (Å²) >= 11 is 0. The molecule has 0 saturated carbocycles. The number of phenolic OH excluding ortho intramolecular Hbond substituents is 1. The maximum absolute atomic E-state index is 11.3. The van der Waals surface area contributed by atoms with Crippen LogP contribution in [0.2, 0.25) is 0 Å². The number of esters is 1. The number of hydrogen-bond donors (Lipinski definition) is 2. The fourth-order valence-electron chi connectivity index (χ4n) is 1.47. The Balaban J connectivity index is 2.75. The molecule has 0 unspecified atom stereocenters. The first-order valence-electron chi connectivity index (χ1n) is 5.36. The Labute approximate surface area is 100 Å². The first-order chi connectivity index (χ1) is 8.08. The molecule has 94 valence electrons. The highest BCUT2D eigenvalue weighted by molar-refractivity contribution is 5.70. The molecule has 0 aliphatic carbocycles. The normalized spacial score (nSPS) is 11.9. The number of hydrogen-bond acceptors (Lipinski definition) is 5. The van der Waals surface area contributed by atoms with Crippen molar-refractivity contribution in [3.63, 3.8) is 0 Å². The molecule has 0 bridgehead atoms. The Hall–Kier alpha value is -1.75. The van der Waals surface area contributed by atoms with Crippen molar-refractivity contribution in [2.24, 2.45) is 5.73 Å². The van der Waals surface area contributed by atoms with E-state index in [0.717, 1.165) is 0 Å². The van der Waals surface area contributed by atoms with E-state index in [9.17, 15) is 9.90 Å². The van der Waals surface area contributed by atoms with Crippen LogP contribution >= 0.6 is 0 Å². The maximum atomic E-state index is 11.3. The summed E-state index contributed by atoms with van der Waals surface area (Å²) in [6.07, 6.45) is 0.0354. The molecule has 0 amide bonds. The van der Waals surface area contributed by atoms with Gasteiger partial charge in [0.15, 0.2) is 0 Å². The zero-order valence-corrected chi connectivity index (χ0v) is 9.97. The average Bonchev–Trinajstić information content (AvgIpc) is 2.28. The Kier molecular flexibility index (Phi) is 4.78. The lowest BCUT2D eigenvalue weighted by molar-refractivity contribution is -0.143. The molecule has 1 aromatic rings. The van der Waals surface area contributed by atoms with Crippen molar-refractivity contribution < 1.29 is 19.4 Å². The van der Waals surface area contributed by atoms with E-state index in [2.05, 4.69) is 0 Å². The van der Waals surface area contributed by atoms with Gasteiger partial charge in [-0.2, -0.15) is 0 Å². The van der Waals surface area contributed by atoms with Crippen molar-refractivity contribution in [2.75, 3.05) is 13.7 Å². The molecule has 1 rings (SSSR count). The topological polar surface area (TPSA) is 81.8 Å². The van der Waals surface area contributed by atoms with E-state index < -0.39 is 6.04 Å². The van der Waals surface area contributed by atoms with E-state index in [-0.39, 0.29) is 18.1 Å². The first-order valence-corrected chi connectivity index (χ1v) is 5.36. The number of ether oxygens (including phenoxy) is 2. The molecule has 0 spiro atoms. The van der Waals surface area contributed by atoms with Crippen LogP contribution in [0.4, 0.5) is 0 Å². The van der Waals surface area contributed by atoms with Crippen LogP contribution in [0.3, 0.4) is 0 Å². The van der Waals surface area contributed by atoms with E-state index in [1.165, 1.54) is 13.2 Å². The minimum absolute atomic E-state index is 0.0150. The van der Waals surface area contributed by atoms with Gasteiger partial charge in [-0.25, -0.2) is 0 Å². The molecular formula is C12H17NO4. The van der Waals surface area contributed by atoms with Crippen LogP contribution in [-0.4, -0.2) is 24.8 Å². The van der Waals surface area contributed by atoms with Gasteiger partial charge in [-0.05, 0) is 13.0 Å². The number of rotatable bonds is 5. The molecule has 0 aromatic heterocycles. The number of methoxy groups -OCH3 is 1. The van der Waals surface area contributed by atoms with Gasteiger partial charge in [0, 0.05) is 17.7 Å². The molecule has 0 fully saturated rings. The SMILES string of the molecule is CCOC(=O)C[C@H](N)c1ccc(OC)cc1O. The van der Waals surface area contributed by atoms with Crippen LogP contribution in [0.15, 0.2) is 18.2 Å². The largest absolute Gasteiger partial charge is 0.507 e. The zero-order chi connectivity index (χ0) is 12.8. The summed E-state index contributed by atoms with van der Waals surface area (Å²) in [6.45, 7) is 2.05. The van der Waals surface area contributed by atoms with Crippen molar-refractivity contribution >= 4 is 5.97 Å². The second kappa shape index (κ2) is 6.10. The lowest BCUT2D eigenvalue weighted by atomic mass is 10.0. The monoisotopic (exact) mass is 239 g/mol. The standard InChI is InChI=1S/C12H17NO4/c1-3-17-12(15)7-10(13)9-5-4-8(16-2)6-11(9)14/h4-6,10,14H,3,7,13H2,1-2H3/t10-/m0/s1. The maximum Gasteiger partial charge on any atom is 0.307 e. The Morgan fingerprint density at radius 2 is 2.24 bits per heavy atom. The summed E-state index contributed by atoms with van der Waals surface area (Å²) < 4.78 is 9.75. The van der Waals surface area contributed by atoms with Crippen molar-refractivity contribution in [3.8, 4) is 11.5 Å². The van der Waals surface area contributed by atoms with Crippen molar-refractivity contribution in [3.05, 3.63) is 23.8 Å². The molecule has 5 nitrogen and oxygen atoms in total. The molecule has 17 heavy (non-hydrogen) atoms. The third kappa shape index (κ3) is 3.64. The van der Waals surface area contributed by atoms with Gasteiger partial charge in [0.25, 0.3) is 0 Å².